The maximum absolute atomic E-state index is 11.6. The van der Waals surface area contributed by atoms with Gasteiger partial charge in [0.1, 0.15) is 0 Å². The van der Waals surface area contributed by atoms with Crippen LogP contribution >= 0.6 is 11.6 Å². The fourth-order valence-corrected chi connectivity index (χ4v) is 2.15. The van der Waals surface area contributed by atoms with Crippen LogP contribution in [0.3, 0.4) is 0 Å². The second-order valence-electron chi connectivity index (χ2n) is 4.19. The van der Waals surface area contributed by atoms with E-state index in [-0.39, 0.29) is 18.2 Å². The predicted molar refractivity (Wildman–Crippen MR) is 72.0 cm³/mol. The minimum Gasteiger partial charge on any atom is -0.326 e. The molecule has 1 aliphatic rings. The number of nitrogens with one attached hydrogen (secondary N) is 1. The third-order valence-corrected chi connectivity index (χ3v) is 3.03. The summed E-state index contributed by atoms with van der Waals surface area (Å²) in [5.41, 5.74) is 1.53. The molecule has 0 aromatic heterocycles. The van der Waals surface area contributed by atoms with Crippen molar-refractivity contribution in [1.82, 2.24) is 0 Å². The van der Waals surface area contributed by atoms with E-state index in [0.717, 1.165) is 18.7 Å². The molecule has 0 unspecified atom stereocenters. The lowest BCUT2D eigenvalue weighted by molar-refractivity contribution is -0.117. The molecule has 5 heteroatoms. The van der Waals surface area contributed by atoms with Crippen molar-refractivity contribution in [2.24, 2.45) is 0 Å². The molecule has 1 aliphatic heterocycles. The summed E-state index contributed by atoms with van der Waals surface area (Å²) < 4.78 is 0. The smallest absolute Gasteiger partial charge is 0.227 e. The van der Waals surface area contributed by atoms with Gasteiger partial charge >= 0.3 is 0 Å². The van der Waals surface area contributed by atoms with Crippen molar-refractivity contribution in [3.8, 4) is 0 Å². The molecule has 2 rings (SSSR count). The standard InChI is InChI=1S/C13H15ClN2O2/c14-7-6-12(17)15-10-3-1-4-11(9-10)16-8-2-5-13(16)18/h1,3-4,9H,2,5-8H2,(H,15,17). The number of benzene rings is 1. The van der Waals surface area contributed by atoms with Gasteiger partial charge in [-0.25, -0.2) is 0 Å². The number of hydrogen-bond donors (Lipinski definition) is 1. The van der Waals surface area contributed by atoms with Crippen LogP contribution < -0.4 is 10.2 Å². The zero-order valence-corrected chi connectivity index (χ0v) is 10.7. The molecule has 0 spiro atoms. The molecule has 4 nitrogen and oxygen atoms in total. The molecule has 1 aromatic carbocycles. The Hall–Kier alpha value is -1.55. The average Bonchev–Trinajstić information content (AvgIpc) is 2.76. The van der Waals surface area contributed by atoms with Crippen LogP contribution in [0.1, 0.15) is 19.3 Å². The second-order valence-corrected chi connectivity index (χ2v) is 4.56. The maximum atomic E-state index is 11.6. The van der Waals surface area contributed by atoms with E-state index in [9.17, 15) is 9.59 Å². The first-order valence-corrected chi connectivity index (χ1v) is 6.50. The molecule has 96 valence electrons. The molecule has 0 bridgehead atoms. The highest BCUT2D eigenvalue weighted by molar-refractivity contribution is 6.19. The van der Waals surface area contributed by atoms with Crippen LogP contribution in [0.2, 0.25) is 0 Å². The fraction of sp³-hybridized carbons (Fsp3) is 0.385. The van der Waals surface area contributed by atoms with Crippen molar-refractivity contribution in [3.63, 3.8) is 0 Å². The largest absolute Gasteiger partial charge is 0.326 e. The van der Waals surface area contributed by atoms with E-state index >= 15 is 0 Å². The van der Waals surface area contributed by atoms with Gasteiger partial charge in [-0.3, -0.25) is 9.59 Å². The zero-order valence-electron chi connectivity index (χ0n) is 9.99. The zero-order chi connectivity index (χ0) is 13.0. The highest BCUT2D eigenvalue weighted by atomic mass is 35.5. The Morgan fingerprint density at radius 2 is 2.28 bits per heavy atom. The van der Waals surface area contributed by atoms with E-state index in [1.54, 1.807) is 11.0 Å². The van der Waals surface area contributed by atoms with Crippen LogP contribution in [-0.4, -0.2) is 24.2 Å². The number of hydrogen-bond acceptors (Lipinski definition) is 2. The van der Waals surface area contributed by atoms with Crippen LogP contribution in [0.25, 0.3) is 0 Å². The summed E-state index contributed by atoms with van der Waals surface area (Å²) in [6.45, 7) is 0.748. The summed E-state index contributed by atoms with van der Waals surface area (Å²) in [6, 6.07) is 7.32. The number of amides is 2. The number of halogens is 1. The first kappa shape index (κ1) is 12.9. The molecular weight excluding hydrogens is 252 g/mol. The minimum atomic E-state index is -0.116. The molecule has 18 heavy (non-hydrogen) atoms. The maximum Gasteiger partial charge on any atom is 0.227 e. The van der Waals surface area contributed by atoms with Crippen LogP contribution in [0.4, 0.5) is 11.4 Å². The van der Waals surface area contributed by atoms with Crippen molar-refractivity contribution in [3.05, 3.63) is 24.3 Å². The molecule has 1 N–H and O–H groups in total. The van der Waals surface area contributed by atoms with Gasteiger partial charge in [0.15, 0.2) is 0 Å². The third kappa shape index (κ3) is 3.01. The molecule has 2 amide bonds. The Morgan fingerprint density at radius 1 is 1.44 bits per heavy atom. The number of alkyl halides is 1. The van der Waals surface area contributed by atoms with Gasteiger partial charge in [-0.2, -0.15) is 0 Å². The van der Waals surface area contributed by atoms with Crippen molar-refractivity contribution in [2.45, 2.75) is 19.3 Å². The highest BCUT2D eigenvalue weighted by Crippen LogP contribution is 2.24. The van der Waals surface area contributed by atoms with E-state index in [4.69, 9.17) is 11.6 Å². The predicted octanol–water partition coefficient (Wildman–Crippen LogP) is 2.38. The third-order valence-electron chi connectivity index (χ3n) is 2.84. The van der Waals surface area contributed by atoms with Crippen LogP contribution in [0.15, 0.2) is 24.3 Å². The van der Waals surface area contributed by atoms with E-state index in [0.29, 0.717) is 18.0 Å². The van der Waals surface area contributed by atoms with Crippen molar-refractivity contribution in [2.75, 3.05) is 22.6 Å². The topological polar surface area (TPSA) is 49.4 Å². The number of anilines is 2. The lowest BCUT2D eigenvalue weighted by atomic mass is 10.2. The lowest BCUT2D eigenvalue weighted by Gasteiger charge is -2.16. The van der Waals surface area contributed by atoms with Crippen molar-refractivity contribution in [1.29, 1.82) is 0 Å². The molecule has 1 heterocycles. The summed E-state index contributed by atoms with van der Waals surface area (Å²) in [7, 11) is 0. The van der Waals surface area contributed by atoms with E-state index in [1.165, 1.54) is 0 Å². The van der Waals surface area contributed by atoms with Gasteiger partial charge in [-0.05, 0) is 24.6 Å². The second kappa shape index (κ2) is 5.87. The van der Waals surface area contributed by atoms with E-state index < -0.39 is 0 Å². The van der Waals surface area contributed by atoms with Gasteiger partial charge in [0.2, 0.25) is 11.8 Å². The Bertz CT molecular complexity index is 462. The molecular formula is C13H15ClN2O2. The van der Waals surface area contributed by atoms with Gasteiger partial charge in [0, 0.05) is 36.6 Å². The Morgan fingerprint density at radius 3 is 2.94 bits per heavy atom. The Labute approximate surface area is 111 Å². The SMILES string of the molecule is O=C(CCCl)Nc1cccc(N2CCCC2=O)c1. The van der Waals surface area contributed by atoms with Crippen molar-refractivity contribution < 1.29 is 9.59 Å². The summed E-state index contributed by atoms with van der Waals surface area (Å²) in [5, 5.41) is 2.76. The molecule has 0 radical (unpaired) electrons. The summed E-state index contributed by atoms with van der Waals surface area (Å²) >= 11 is 5.50. The molecule has 1 aromatic rings. The van der Waals surface area contributed by atoms with E-state index in [2.05, 4.69) is 5.32 Å². The summed E-state index contributed by atoms with van der Waals surface area (Å²) in [5.74, 6) is 0.324. The van der Waals surface area contributed by atoms with Crippen LogP contribution in [-0.2, 0) is 9.59 Å². The summed E-state index contributed by atoms with van der Waals surface area (Å²) in [6.07, 6.45) is 1.78. The monoisotopic (exact) mass is 266 g/mol. The number of rotatable bonds is 4. The molecule has 0 aliphatic carbocycles. The first-order valence-electron chi connectivity index (χ1n) is 5.97. The number of carbonyl (C=O) groups is 2. The van der Waals surface area contributed by atoms with Gasteiger partial charge < -0.3 is 10.2 Å². The Balaban J connectivity index is 2.10. The molecule has 1 fully saturated rings. The van der Waals surface area contributed by atoms with Gasteiger partial charge in [0.25, 0.3) is 0 Å². The normalized spacial score (nSPS) is 14.9. The fourth-order valence-electron chi connectivity index (χ4n) is 1.98. The van der Waals surface area contributed by atoms with Crippen LogP contribution in [0, 0.1) is 0 Å². The lowest BCUT2D eigenvalue weighted by Crippen LogP contribution is -2.23. The highest BCUT2D eigenvalue weighted by Gasteiger charge is 2.21. The summed E-state index contributed by atoms with van der Waals surface area (Å²) in [4.78, 5) is 24.8. The van der Waals surface area contributed by atoms with E-state index in [1.807, 2.05) is 18.2 Å². The average molecular weight is 267 g/mol. The van der Waals surface area contributed by atoms with Crippen LogP contribution in [0.5, 0.6) is 0 Å². The van der Waals surface area contributed by atoms with Crippen molar-refractivity contribution >= 4 is 34.8 Å². The number of carbonyl (C=O) groups excluding carboxylic acids is 2. The van der Waals surface area contributed by atoms with Gasteiger partial charge in [0.05, 0.1) is 0 Å². The minimum absolute atomic E-state index is 0.116. The first-order chi connectivity index (χ1) is 8.70. The Kier molecular flexibility index (Phi) is 4.20. The van der Waals surface area contributed by atoms with Gasteiger partial charge in [-0.15, -0.1) is 11.6 Å². The molecule has 0 atom stereocenters. The molecule has 1 saturated heterocycles. The molecule has 0 saturated carbocycles. The van der Waals surface area contributed by atoms with Gasteiger partial charge in [-0.1, -0.05) is 6.07 Å². The quantitative estimate of drug-likeness (QED) is 0.851. The number of nitrogens with zero attached hydrogens (tertiary/aromatic N) is 1.